The molecule has 1 aliphatic rings. The van der Waals surface area contributed by atoms with Crippen molar-refractivity contribution < 1.29 is 27.5 Å². The average molecular weight is 287 g/mol. The van der Waals surface area contributed by atoms with Crippen molar-refractivity contribution in [1.82, 2.24) is 4.90 Å². The van der Waals surface area contributed by atoms with E-state index in [2.05, 4.69) is 0 Å². The molecule has 0 bridgehead atoms. The van der Waals surface area contributed by atoms with Crippen LogP contribution in [-0.2, 0) is 15.8 Å². The standard InChI is InChI=1S/C13H12F3NO3/c1-17-11(18)6-8(12(17)19)7-20-10-4-2-9(3-5-10)13(14,15)16/h2-5,8H,6-7H2,1H3. The van der Waals surface area contributed by atoms with Crippen LogP contribution < -0.4 is 4.74 Å². The second-order valence-corrected chi connectivity index (χ2v) is 4.53. The molecule has 7 heteroatoms. The smallest absolute Gasteiger partial charge is 0.416 e. The van der Waals surface area contributed by atoms with E-state index in [-0.39, 0.29) is 30.6 Å². The van der Waals surface area contributed by atoms with E-state index < -0.39 is 17.7 Å². The Morgan fingerprint density at radius 2 is 1.85 bits per heavy atom. The fraction of sp³-hybridized carbons (Fsp3) is 0.385. The molecule has 0 aliphatic carbocycles. The third-order valence-corrected chi connectivity index (χ3v) is 3.11. The molecule has 1 aromatic carbocycles. The highest BCUT2D eigenvalue weighted by Gasteiger charge is 2.36. The van der Waals surface area contributed by atoms with Crippen LogP contribution in [0.3, 0.4) is 0 Å². The number of hydrogen-bond acceptors (Lipinski definition) is 3. The van der Waals surface area contributed by atoms with Crippen LogP contribution in [0.25, 0.3) is 0 Å². The molecule has 1 saturated heterocycles. The average Bonchev–Trinajstić information content (AvgIpc) is 2.63. The van der Waals surface area contributed by atoms with Crippen molar-refractivity contribution in [3.8, 4) is 5.75 Å². The number of alkyl halides is 3. The molecule has 1 atom stereocenters. The number of halogens is 3. The van der Waals surface area contributed by atoms with Gasteiger partial charge in [0, 0.05) is 13.5 Å². The van der Waals surface area contributed by atoms with Gasteiger partial charge in [-0.2, -0.15) is 13.2 Å². The second-order valence-electron chi connectivity index (χ2n) is 4.53. The van der Waals surface area contributed by atoms with Gasteiger partial charge in [0.05, 0.1) is 11.5 Å². The Labute approximate surface area is 113 Å². The van der Waals surface area contributed by atoms with Gasteiger partial charge < -0.3 is 4.74 Å². The molecule has 1 heterocycles. The first-order chi connectivity index (χ1) is 9.29. The van der Waals surface area contributed by atoms with Crippen LogP contribution in [0.5, 0.6) is 5.75 Å². The van der Waals surface area contributed by atoms with Gasteiger partial charge >= 0.3 is 6.18 Å². The zero-order valence-corrected chi connectivity index (χ0v) is 10.6. The van der Waals surface area contributed by atoms with Crippen molar-refractivity contribution in [3.05, 3.63) is 29.8 Å². The highest BCUT2D eigenvalue weighted by molar-refractivity contribution is 6.03. The Morgan fingerprint density at radius 1 is 1.25 bits per heavy atom. The molecule has 0 radical (unpaired) electrons. The Bertz CT molecular complexity index is 525. The maximum Gasteiger partial charge on any atom is 0.416 e. The van der Waals surface area contributed by atoms with Gasteiger partial charge in [0.25, 0.3) is 0 Å². The van der Waals surface area contributed by atoms with Crippen molar-refractivity contribution in [2.24, 2.45) is 5.92 Å². The molecule has 0 saturated carbocycles. The summed E-state index contributed by atoms with van der Waals surface area (Å²) in [6.45, 7) is -0.0275. The highest BCUT2D eigenvalue weighted by Crippen LogP contribution is 2.30. The van der Waals surface area contributed by atoms with E-state index in [4.69, 9.17) is 4.74 Å². The van der Waals surface area contributed by atoms with Gasteiger partial charge in [-0.15, -0.1) is 0 Å². The minimum Gasteiger partial charge on any atom is -0.493 e. The Kier molecular flexibility index (Phi) is 3.69. The SMILES string of the molecule is CN1C(=O)CC(COc2ccc(C(F)(F)F)cc2)C1=O. The van der Waals surface area contributed by atoms with Crippen LogP contribution in [0.15, 0.2) is 24.3 Å². The van der Waals surface area contributed by atoms with Gasteiger partial charge in [-0.25, -0.2) is 0 Å². The largest absolute Gasteiger partial charge is 0.493 e. The highest BCUT2D eigenvalue weighted by atomic mass is 19.4. The third-order valence-electron chi connectivity index (χ3n) is 3.11. The minimum absolute atomic E-state index is 0.0275. The molecule has 2 amide bonds. The normalized spacial score (nSPS) is 19.6. The summed E-state index contributed by atoms with van der Waals surface area (Å²) in [6.07, 6.45) is -4.33. The molecule has 20 heavy (non-hydrogen) atoms. The summed E-state index contributed by atoms with van der Waals surface area (Å²) in [5.74, 6) is -0.958. The number of carbonyl (C=O) groups excluding carboxylic acids is 2. The van der Waals surface area contributed by atoms with Crippen molar-refractivity contribution >= 4 is 11.8 Å². The fourth-order valence-corrected chi connectivity index (χ4v) is 1.90. The van der Waals surface area contributed by atoms with Gasteiger partial charge in [-0.3, -0.25) is 14.5 Å². The van der Waals surface area contributed by atoms with Crippen LogP contribution >= 0.6 is 0 Å². The molecule has 1 aliphatic heterocycles. The molecule has 0 N–H and O–H groups in total. The summed E-state index contributed by atoms with van der Waals surface area (Å²) in [4.78, 5) is 23.9. The topological polar surface area (TPSA) is 46.6 Å². The van der Waals surface area contributed by atoms with Crippen LogP contribution in [0.2, 0.25) is 0 Å². The summed E-state index contributed by atoms with van der Waals surface area (Å²) in [5, 5.41) is 0. The number of rotatable bonds is 3. The third kappa shape index (κ3) is 2.92. The number of hydrogen-bond donors (Lipinski definition) is 0. The maximum atomic E-state index is 12.4. The van der Waals surface area contributed by atoms with Crippen LogP contribution in [-0.4, -0.2) is 30.4 Å². The van der Waals surface area contributed by atoms with E-state index in [0.717, 1.165) is 17.0 Å². The molecule has 1 aromatic rings. The van der Waals surface area contributed by atoms with Crippen LogP contribution in [0, 0.1) is 5.92 Å². The fourth-order valence-electron chi connectivity index (χ4n) is 1.90. The Morgan fingerprint density at radius 3 is 2.30 bits per heavy atom. The molecule has 0 aromatic heterocycles. The first-order valence-corrected chi connectivity index (χ1v) is 5.89. The molecular formula is C13H12F3NO3. The maximum absolute atomic E-state index is 12.4. The van der Waals surface area contributed by atoms with Crippen molar-refractivity contribution in [2.75, 3.05) is 13.7 Å². The Hall–Kier alpha value is -2.05. The number of imide groups is 1. The lowest BCUT2D eigenvalue weighted by Gasteiger charge is -2.12. The quantitative estimate of drug-likeness (QED) is 0.800. The predicted octanol–water partition coefficient (Wildman–Crippen LogP) is 2.09. The lowest BCUT2D eigenvalue weighted by atomic mass is 10.1. The molecule has 4 nitrogen and oxygen atoms in total. The van der Waals surface area contributed by atoms with Gasteiger partial charge in [0.1, 0.15) is 12.4 Å². The zero-order chi connectivity index (χ0) is 14.9. The number of likely N-dealkylation sites (tertiary alicyclic amines) is 1. The monoisotopic (exact) mass is 287 g/mol. The summed E-state index contributed by atoms with van der Waals surface area (Å²) >= 11 is 0. The van der Waals surface area contributed by atoms with Crippen LogP contribution in [0.4, 0.5) is 13.2 Å². The predicted molar refractivity (Wildman–Crippen MR) is 62.8 cm³/mol. The lowest BCUT2D eigenvalue weighted by molar-refractivity contribution is -0.138. The van der Waals surface area contributed by atoms with E-state index in [1.807, 2.05) is 0 Å². The number of amides is 2. The number of benzene rings is 1. The number of carbonyl (C=O) groups is 2. The van der Waals surface area contributed by atoms with Crippen molar-refractivity contribution in [2.45, 2.75) is 12.6 Å². The van der Waals surface area contributed by atoms with E-state index in [0.29, 0.717) is 0 Å². The second kappa shape index (κ2) is 5.15. The zero-order valence-electron chi connectivity index (χ0n) is 10.6. The molecule has 0 spiro atoms. The summed E-state index contributed by atoms with van der Waals surface area (Å²) in [7, 11) is 1.39. The van der Waals surface area contributed by atoms with Gasteiger partial charge in [0.15, 0.2) is 0 Å². The minimum atomic E-state index is -4.39. The molecule has 1 fully saturated rings. The van der Waals surface area contributed by atoms with E-state index in [9.17, 15) is 22.8 Å². The molecule has 108 valence electrons. The lowest BCUT2D eigenvalue weighted by Crippen LogP contribution is -2.27. The van der Waals surface area contributed by atoms with Gasteiger partial charge in [-0.1, -0.05) is 0 Å². The molecule has 2 rings (SSSR count). The number of ether oxygens (including phenoxy) is 1. The summed E-state index contributed by atoms with van der Waals surface area (Å²) < 4.78 is 42.3. The van der Waals surface area contributed by atoms with Gasteiger partial charge in [-0.05, 0) is 24.3 Å². The first kappa shape index (κ1) is 14.4. The molecular weight excluding hydrogens is 275 g/mol. The Balaban J connectivity index is 1.95. The van der Waals surface area contributed by atoms with Gasteiger partial charge in [0.2, 0.25) is 11.8 Å². The van der Waals surface area contributed by atoms with Crippen molar-refractivity contribution in [3.63, 3.8) is 0 Å². The first-order valence-electron chi connectivity index (χ1n) is 5.89. The number of nitrogens with zero attached hydrogens (tertiary/aromatic N) is 1. The molecule has 1 unspecified atom stereocenters. The van der Waals surface area contributed by atoms with E-state index in [1.54, 1.807) is 0 Å². The summed E-state index contributed by atoms with van der Waals surface area (Å²) in [6, 6.07) is 4.19. The summed E-state index contributed by atoms with van der Waals surface area (Å²) in [5.41, 5.74) is -0.767. The van der Waals surface area contributed by atoms with E-state index >= 15 is 0 Å². The van der Waals surface area contributed by atoms with Crippen molar-refractivity contribution in [1.29, 1.82) is 0 Å². The van der Waals surface area contributed by atoms with Crippen LogP contribution in [0.1, 0.15) is 12.0 Å². The van der Waals surface area contributed by atoms with E-state index in [1.165, 1.54) is 19.2 Å².